The van der Waals surface area contributed by atoms with Crippen molar-refractivity contribution in [2.75, 3.05) is 19.8 Å². The smallest absolute Gasteiger partial charge is 0.326 e. The largest absolute Gasteiger partial charge is 0.480 e. The minimum atomic E-state index is -0.879. The van der Waals surface area contributed by atoms with Crippen molar-refractivity contribution in [2.45, 2.75) is 52.7 Å². The number of carbonyl (C=O) groups is 2. The maximum Gasteiger partial charge on any atom is 0.326 e. The predicted octanol–water partition coefficient (Wildman–Crippen LogP) is 0.957. The number of hydrogen-bond donors (Lipinski definition) is 2. The summed E-state index contributed by atoms with van der Waals surface area (Å²) < 4.78 is 5.18. The highest BCUT2D eigenvalue weighted by molar-refractivity contribution is 5.89. The van der Waals surface area contributed by atoms with E-state index in [0.717, 1.165) is 0 Å². The quantitative estimate of drug-likeness (QED) is 0.805. The summed E-state index contributed by atoms with van der Waals surface area (Å²) in [5, 5.41) is 13.0. The van der Waals surface area contributed by atoms with Crippen molar-refractivity contribution in [3.8, 4) is 0 Å². The Balaban J connectivity index is 1.78. The highest BCUT2D eigenvalue weighted by Crippen LogP contribution is 2.65. The fourth-order valence-corrected chi connectivity index (χ4v) is 4.22. The average Bonchev–Trinajstić information content (AvgIpc) is 2.74. The van der Waals surface area contributed by atoms with Gasteiger partial charge in [0.15, 0.2) is 0 Å². The lowest BCUT2D eigenvalue weighted by molar-refractivity contribution is -0.153. The number of carbonyl (C=O) groups excluding carboxylic acids is 1. The van der Waals surface area contributed by atoms with Gasteiger partial charge in [0.25, 0.3) is 0 Å². The monoisotopic (exact) mass is 324 g/mol. The van der Waals surface area contributed by atoms with Gasteiger partial charge in [-0.05, 0) is 16.7 Å². The summed E-state index contributed by atoms with van der Waals surface area (Å²) in [5.74, 6) is -0.576. The molecule has 3 aliphatic rings. The first-order valence-electron chi connectivity index (χ1n) is 8.42. The van der Waals surface area contributed by atoms with Crippen molar-refractivity contribution >= 4 is 11.9 Å². The molecule has 0 bridgehead atoms. The number of nitrogens with zero attached hydrogens (tertiary/aromatic N) is 1. The lowest BCUT2D eigenvalue weighted by Crippen LogP contribution is -2.62. The Morgan fingerprint density at radius 2 is 1.91 bits per heavy atom. The van der Waals surface area contributed by atoms with Gasteiger partial charge in [0, 0.05) is 12.5 Å². The molecule has 6 heteroatoms. The van der Waals surface area contributed by atoms with E-state index in [1.54, 1.807) is 4.90 Å². The van der Waals surface area contributed by atoms with E-state index in [1.807, 2.05) is 20.8 Å². The summed E-state index contributed by atoms with van der Waals surface area (Å²) >= 11 is 0. The van der Waals surface area contributed by atoms with Gasteiger partial charge in [-0.15, -0.1) is 0 Å². The van der Waals surface area contributed by atoms with Crippen molar-refractivity contribution in [2.24, 2.45) is 22.7 Å². The van der Waals surface area contributed by atoms with Crippen LogP contribution in [0.4, 0.5) is 0 Å². The SMILES string of the molecule is CC(C)(C)[C@H](NC1COC1)C(=O)N1C[C@H]2[C@@H]([C@H]1C(=O)O)C2(C)C. The van der Waals surface area contributed by atoms with Gasteiger partial charge in [-0.3, -0.25) is 10.1 Å². The summed E-state index contributed by atoms with van der Waals surface area (Å²) in [6, 6.07) is -0.898. The maximum absolute atomic E-state index is 13.1. The molecular weight excluding hydrogens is 296 g/mol. The Morgan fingerprint density at radius 3 is 2.35 bits per heavy atom. The first-order valence-corrected chi connectivity index (χ1v) is 8.42. The molecule has 0 unspecified atom stereocenters. The molecule has 1 amide bonds. The predicted molar refractivity (Wildman–Crippen MR) is 84.9 cm³/mol. The topological polar surface area (TPSA) is 78.9 Å². The molecular formula is C17H28N2O4. The number of fused-ring (bicyclic) bond motifs is 1. The van der Waals surface area contributed by atoms with E-state index in [-0.39, 0.29) is 34.7 Å². The van der Waals surface area contributed by atoms with E-state index >= 15 is 0 Å². The molecule has 0 aromatic rings. The highest BCUT2D eigenvalue weighted by atomic mass is 16.5. The second-order valence-corrected chi connectivity index (χ2v) is 8.93. The Labute approximate surface area is 137 Å². The van der Waals surface area contributed by atoms with E-state index in [4.69, 9.17) is 4.74 Å². The van der Waals surface area contributed by atoms with Crippen molar-refractivity contribution in [3.05, 3.63) is 0 Å². The molecule has 23 heavy (non-hydrogen) atoms. The number of likely N-dealkylation sites (tertiary alicyclic amines) is 1. The van der Waals surface area contributed by atoms with E-state index < -0.39 is 12.0 Å². The third-order valence-corrected chi connectivity index (χ3v) is 5.90. The van der Waals surface area contributed by atoms with Gasteiger partial charge < -0.3 is 14.7 Å². The molecule has 0 aromatic heterocycles. The third kappa shape index (κ3) is 2.66. The van der Waals surface area contributed by atoms with Gasteiger partial charge in [-0.25, -0.2) is 4.79 Å². The van der Waals surface area contributed by atoms with Gasteiger partial charge >= 0.3 is 5.97 Å². The molecule has 3 fully saturated rings. The van der Waals surface area contributed by atoms with Crippen LogP contribution < -0.4 is 5.32 Å². The summed E-state index contributed by atoms with van der Waals surface area (Å²) in [6.45, 7) is 12.0. The standard InChI is InChI=1S/C17H28N2O4/c1-16(2,3)13(18-9-7-23-8-9)14(20)19-6-10-11(17(10,4)5)12(19)15(21)22/h9-13,18H,6-8H2,1-5H3,(H,21,22)/t10-,11-,12-,13+/m0/s1. The molecule has 3 rings (SSSR count). The summed E-state index contributed by atoms with van der Waals surface area (Å²) in [7, 11) is 0. The number of carboxylic acid groups (broad SMARTS) is 1. The molecule has 6 nitrogen and oxygen atoms in total. The molecule has 0 aromatic carbocycles. The lowest BCUT2D eigenvalue weighted by Gasteiger charge is -2.40. The van der Waals surface area contributed by atoms with Crippen LogP contribution in [0.25, 0.3) is 0 Å². The Morgan fingerprint density at radius 1 is 1.30 bits per heavy atom. The first-order chi connectivity index (χ1) is 10.5. The van der Waals surface area contributed by atoms with Crippen molar-refractivity contribution in [1.29, 1.82) is 0 Å². The first kappa shape index (κ1) is 16.7. The zero-order valence-corrected chi connectivity index (χ0v) is 14.6. The molecule has 2 heterocycles. The number of nitrogens with one attached hydrogen (secondary N) is 1. The zero-order chi connectivity index (χ0) is 17.2. The molecule has 2 saturated heterocycles. The number of amides is 1. The highest BCUT2D eigenvalue weighted by Gasteiger charge is 2.70. The Bertz CT molecular complexity index is 521. The molecule has 4 atom stereocenters. The van der Waals surface area contributed by atoms with Crippen LogP contribution in [0.3, 0.4) is 0 Å². The van der Waals surface area contributed by atoms with Gasteiger partial charge in [-0.1, -0.05) is 34.6 Å². The van der Waals surface area contributed by atoms with E-state index in [2.05, 4.69) is 19.2 Å². The van der Waals surface area contributed by atoms with E-state index in [1.165, 1.54) is 0 Å². The number of piperidine rings is 1. The fraction of sp³-hybridized carbons (Fsp3) is 0.882. The summed E-state index contributed by atoms with van der Waals surface area (Å²) in [4.78, 5) is 26.5. The van der Waals surface area contributed by atoms with Crippen LogP contribution in [0.15, 0.2) is 0 Å². The Kier molecular flexibility index (Phi) is 3.76. The number of aliphatic carboxylic acids is 1. The summed E-state index contributed by atoms with van der Waals surface area (Å²) in [5.41, 5.74) is -0.246. The van der Waals surface area contributed by atoms with Gasteiger partial charge in [-0.2, -0.15) is 0 Å². The van der Waals surface area contributed by atoms with Crippen LogP contribution in [0, 0.1) is 22.7 Å². The van der Waals surface area contributed by atoms with E-state index in [0.29, 0.717) is 25.7 Å². The number of ether oxygens (including phenoxy) is 1. The average molecular weight is 324 g/mol. The second-order valence-electron chi connectivity index (χ2n) is 8.93. The molecule has 0 radical (unpaired) electrons. The molecule has 1 saturated carbocycles. The van der Waals surface area contributed by atoms with Crippen LogP contribution in [0.5, 0.6) is 0 Å². The van der Waals surface area contributed by atoms with Gasteiger partial charge in [0.1, 0.15) is 6.04 Å². The summed E-state index contributed by atoms with van der Waals surface area (Å²) in [6.07, 6.45) is 0. The second kappa shape index (κ2) is 5.18. The zero-order valence-electron chi connectivity index (χ0n) is 14.6. The molecule has 2 N–H and O–H groups in total. The normalized spacial score (nSPS) is 33.8. The third-order valence-electron chi connectivity index (χ3n) is 5.90. The van der Waals surface area contributed by atoms with Gasteiger partial charge in [0.05, 0.1) is 25.3 Å². The number of rotatable bonds is 4. The molecule has 130 valence electrons. The minimum Gasteiger partial charge on any atom is -0.480 e. The molecule has 0 spiro atoms. The molecule has 2 aliphatic heterocycles. The minimum absolute atomic E-state index is 0.0340. The van der Waals surface area contributed by atoms with Crippen LogP contribution in [-0.2, 0) is 14.3 Å². The maximum atomic E-state index is 13.1. The van der Waals surface area contributed by atoms with Crippen molar-refractivity contribution < 1.29 is 19.4 Å². The number of hydrogen-bond acceptors (Lipinski definition) is 4. The van der Waals surface area contributed by atoms with Crippen LogP contribution in [0.1, 0.15) is 34.6 Å². The Hall–Kier alpha value is -1.14. The molecule has 1 aliphatic carbocycles. The van der Waals surface area contributed by atoms with Crippen molar-refractivity contribution in [3.63, 3.8) is 0 Å². The van der Waals surface area contributed by atoms with Crippen LogP contribution in [0.2, 0.25) is 0 Å². The van der Waals surface area contributed by atoms with Crippen LogP contribution >= 0.6 is 0 Å². The van der Waals surface area contributed by atoms with E-state index in [9.17, 15) is 14.7 Å². The fourth-order valence-electron chi connectivity index (χ4n) is 4.22. The van der Waals surface area contributed by atoms with Crippen molar-refractivity contribution in [1.82, 2.24) is 10.2 Å². The van der Waals surface area contributed by atoms with Crippen LogP contribution in [-0.4, -0.2) is 59.8 Å². The van der Waals surface area contributed by atoms with Gasteiger partial charge in [0.2, 0.25) is 5.91 Å². The lowest BCUT2D eigenvalue weighted by atomic mass is 9.84. The number of carboxylic acids is 1.